The van der Waals surface area contributed by atoms with Crippen molar-refractivity contribution in [2.24, 2.45) is 11.8 Å². The maximum Gasteiger partial charge on any atom is 0.338 e. The fourth-order valence-electron chi connectivity index (χ4n) is 3.34. The Morgan fingerprint density at radius 3 is 1.33 bits per heavy atom. The molecule has 1 aromatic carbocycles. The van der Waals surface area contributed by atoms with Gasteiger partial charge in [-0.2, -0.15) is 0 Å². The molecule has 6 heteroatoms. The molecule has 170 valence electrons. The summed E-state index contributed by atoms with van der Waals surface area (Å²) in [6.07, 6.45) is 3.61. The molecule has 6 nitrogen and oxygen atoms in total. The summed E-state index contributed by atoms with van der Waals surface area (Å²) in [7, 11) is 0. The summed E-state index contributed by atoms with van der Waals surface area (Å²) in [5, 5.41) is 20.2. The van der Waals surface area contributed by atoms with Crippen LogP contribution < -0.4 is 0 Å². The highest BCUT2D eigenvalue weighted by Gasteiger charge is 2.21. The highest BCUT2D eigenvalue weighted by Crippen LogP contribution is 2.17. The largest absolute Gasteiger partial charge is 0.462 e. The predicted molar refractivity (Wildman–Crippen MR) is 116 cm³/mol. The molecule has 30 heavy (non-hydrogen) atoms. The summed E-state index contributed by atoms with van der Waals surface area (Å²) in [4.78, 5) is 24.5. The number of carbonyl (C=O) groups excluding carboxylic acids is 2. The molecule has 0 heterocycles. The van der Waals surface area contributed by atoms with Crippen LogP contribution in [0.15, 0.2) is 24.3 Å². The van der Waals surface area contributed by atoms with Crippen molar-refractivity contribution in [2.75, 3.05) is 13.2 Å². The molecule has 0 aromatic heterocycles. The molecule has 0 amide bonds. The van der Waals surface area contributed by atoms with Crippen LogP contribution in [0.1, 0.15) is 86.9 Å². The van der Waals surface area contributed by atoms with Crippen LogP contribution >= 0.6 is 0 Å². The number of benzene rings is 1. The van der Waals surface area contributed by atoms with Gasteiger partial charge in [0.05, 0.1) is 36.5 Å². The first-order chi connectivity index (χ1) is 14.4. The molecule has 0 saturated carbocycles. The minimum absolute atomic E-state index is 0.0854. The van der Waals surface area contributed by atoms with E-state index in [4.69, 9.17) is 9.47 Å². The molecule has 4 unspecified atom stereocenters. The molecular weight excluding hydrogens is 384 g/mol. The molecule has 0 aliphatic carbocycles. The smallest absolute Gasteiger partial charge is 0.338 e. The second-order valence-corrected chi connectivity index (χ2v) is 7.82. The van der Waals surface area contributed by atoms with Crippen LogP contribution in [0.4, 0.5) is 0 Å². The average Bonchev–Trinajstić information content (AvgIpc) is 2.74. The topological polar surface area (TPSA) is 93.1 Å². The molecule has 4 atom stereocenters. The van der Waals surface area contributed by atoms with E-state index in [2.05, 4.69) is 0 Å². The number of esters is 2. The van der Waals surface area contributed by atoms with E-state index in [0.717, 1.165) is 25.7 Å². The van der Waals surface area contributed by atoms with Crippen LogP contribution in [-0.4, -0.2) is 47.6 Å². The van der Waals surface area contributed by atoms with E-state index < -0.39 is 24.1 Å². The zero-order valence-corrected chi connectivity index (χ0v) is 18.8. The van der Waals surface area contributed by atoms with E-state index in [1.807, 2.05) is 27.7 Å². The lowest BCUT2D eigenvalue weighted by molar-refractivity contribution is 0.0181. The lowest BCUT2D eigenvalue weighted by Gasteiger charge is -2.21. The van der Waals surface area contributed by atoms with Gasteiger partial charge in [-0.1, -0.05) is 40.5 Å². The van der Waals surface area contributed by atoms with Crippen molar-refractivity contribution in [3.63, 3.8) is 0 Å². The van der Waals surface area contributed by atoms with Gasteiger partial charge < -0.3 is 19.7 Å². The second-order valence-electron chi connectivity index (χ2n) is 7.82. The minimum Gasteiger partial charge on any atom is -0.462 e. The van der Waals surface area contributed by atoms with Crippen molar-refractivity contribution in [1.82, 2.24) is 0 Å². The number of hydrogen-bond acceptors (Lipinski definition) is 6. The number of aliphatic hydroxyl groups is 2. The van der Waals surface area contributed by atoms with Gasteiger partial charge in [0.1, 0.15) is 0 Å². The van der Waals surface area contributed by atoms with E-state index in [9.17, 15) is 19.8 Å². The van der Waals surface area contributed by atoms with Crippen LogP contribution in [0.3, 0.4) is 0 Å². The normalized spacial score (nSPS) is 15.1. The Morgan fingerprint density at radius 2 is 1.07 bits per heavy atom. The highest BCUT2D eigenvalue weighted by molar-refractivity contribution is 5.93. The quantitative estimate of drug-likeness (QED) is 0.432. The number of rotatable bonds is 14. The number of aliphatic hydroxyl groups excluding tert-OH is 2. The van der Waals surface area contributed by atoms with E-state index in [1.165, 1.54) is 24.3 Å². The Balaban J connectivity index is 2.58. The van der Waals surface area contributed by atoms with Crippen LogP contribution in [0.5, 0.6) is 0 Å². The zero-order valence-electron chi connectivity index (χ0n) is 18.8. The van der Waals surface area contributed by atoms with Gasteiger partial charge in [0.25, 0.3) is 0 Å². The molecule has 0 aliphatic rings. The number of ether oxygens (including phenoxy) is 2. The Kier molecular flexibility index (Phi) is 12.3. The Morgan fingerprint density at radius 1 is 0.733 bits per heavy atom. The lowest BCUT2D eigenvalue weighted by Crippen LogP contribution is -2.26. The van der Waals surface area contributed by atoms with Crippen molar-refractivity contribution < 1.29 is 29.3 Å². The number of hydrogen-bond donors (Lipinski definition) is 2. The molecular formula is C24H38O6. The van der Waals surface area contributed by atoms with Crippen LogP contribution in [0.25, 0.3) is 0 Å². The molecule has 1 aromatic rings. The molecule has 0 saturated heterocycles. The standard InChI is InChI=1S/C24H38O6/c1-5-9-21(25)17(7-3)15-29-23(27)19-11-13-20(14-12-19)24(28)30-16-18(8-4)22(26)10-6-2/h11-14,17-18,21-22,25-26H,5-10,15-16H2,1-4H3. The van der Waals surface area contributed by atoms with E-state index in [0.29, 0.717) is 24.0 Å². The molecule has 2 N–H and O–H groups in total. The third-order valence-electron chi connectivity index (χ3n) is 5.52. The third kappa shape index (κ3) is 8.44. The van der Waals surface area contributed by atoms with Gasteiger partial charge in [-0.15, -0.1) is 0 Å². The number of carbonyl (C=O) groups is 2. The highest BCUT2D eigenvalue weighted by atomic mass is 16.5. The summed E-state index contributed by atoms with van der Waals surface area (Å²) in [6.45, 7) is 8.26. The summed E-state index contributed by atoms with van der Waals surface area (Å²) < 4.78 is 10.7. The van der Waals surface area contributed by atoms with Crippen LogP contribution in [0.2, 0.25) is 0 Å². The lowest BCUT2D eigenvalue weighted by atomic mass is 9.97. The molecule has 0 fully saturated rings. The monoisotopic (exact) mass is 422 g/mol. The Hall–Kier alpha value is -1.92. The van der Waals surface area contributed by atoms with Gasteiger partial charge in [-0.05, 0) is 49.9 Å². The van der Waals surface area contributed by atoms with Crippen molar-refractivity contribution in [3.05, 3.63) is 35.4 Å². The second kappa shape index (κ2) is 14.1. The van der Waals surface area contributed by atoms with Gasteiger partial charge in [-0.25, -0.2) is 9.59 Å². The first-order valence-electron chi connectivity index (χ1n) is 11.2. The van der Waals surface area contributed by atoms with Gasteiger partial charge in [0.15, 0.2) is 0 Å². The average molecular weight is 423 g/mol. The Labute approximate surface area is 180 Å². The maximum atomic E-state index is 12.3. The SMILES string of the molecule is CCCC(O)C(CC)COC(=O)c1ccc(C(=O)OCC(CC)C(O)CCC)cc1. The first kappa shape index (κ1) is 26.1. The van der Waals surface area contributed by atoms with Crippen molar-refractivity contribution in [1.29, 1.82) is 0 Å². The van der Waals surface area contributed by atoms with Gasteiger partial charge in [0, 0.05) is 11.8 Å². The molecule has 0 aliphatic heterocycles. The summed E-state index contributed by atoms with van der Waals surface area (Å²) in [6, 6.07) is 6.13. The fraction of sp³-hybridized carbons (Fsp3) is 0.667. The van der Waals surface area contributed by atoms with Crippen molar-refractivity contribution in [3.8, 4) is 0 Å². The maximum absolute atomic E-state index is 12.3. The van der Waals surface area contributed by atoms with Gasteiger partial charge in [-0.3, -0.25) is 0 Å². The van der Waals surface area contributed by atoms with Crippen LogP contribution in [-0.2, 0) is 9.47 Å². The fourth-order valence-corrected chi connectivity index (χ4v) is 3.34. The summed E-state index contributed by atoms with van der Waals surface area (Å²) >= 11 is 0. The van der Waals surface area contributed by atoms with Crippen molar-refractivity contribution in [2.45, 2.75) is 78.4 Å². The summed E-state index contributed by atoms with van der Waals surface area (Å²) in [5.74, 6) is -1.13. The van der Waals surface area contributed by atoms with Crippen LogP contribution in [0, 0.1) is 11.8 Å². The first-order valence-corrected chi connectivity index (χ1v) is 11.2. The molecule has 0 radical (unpaired) electrons. The van der Waals surface area contributed by atoms with Crippen molar-refractivity contribution >= 4 is 11.9 Å². The van der Waals surface area contributed by atoms with E-state index in [-0.39, 0.29) is 25.0 Å². The minimum atomic E-state index is -0.481. The zero-order chi connectivity index (χ0) is 22.5. The molecule has 0 spiro atoms. The van der Waals surface area contributed by atoms with E-state index in [1.54, 1.807) is 0 Å². The van der Waals surface area contributed by atoms with E-state index >= 15 is 0 Å². The molecule has 1 rings (SSSR count). The van der Waals surface area contributed by atoms with Gasteiger partial charge in [0.2, 0.25) is 0 Å². The summed E-state index contributed by atoms with van der Waals surface area (Å²) in [5.41, 5.74) is 0.687. The Bertz CT molecular complexity index is 572. The van der Waals surface area contributed by atoms with Gasteiger partial charge >= 0.3 is 11.9 Å². The molecule has 0 bridgehead atoms. The predicted octanol–water partition coefficient (Wildman–Crippen LogP) is 4.37. The third-order valence-corrected chi connectivity index (χ3v) is 5.52.